The molecular formula is C21H21BrN2O3. The van der Waals surface area contributed by atoms with E-state index >= 15 is 0 Å². The number of hydrogen-bond acceptors (Lipinski definition) is 4. The molecule has 0 spiro atoms. The maximum absolute atomic E-state index is 12.0. The van der Waals surface area contributed by atoms with Gasteiger partial charge in [0.2, 0.25) is 0 Å². The summed E-state index contributed by atoms with van der Waals surface area (Å²) in [5.41, 5.74) is 1.74. The largest absolute Gasteiger partial charge is 0.493 e. The smallest absolute Gasteiger partial charge is 0.261 e. The third kappa shape index (κ3) is 5.87. The number of amides is 1. The predicted molar refractivity (Wildman–Crippen MR) is 108 cm³/mol. The minimum atomic E-state index is -0.390. The van der Waals surface area contributed by atoms with Crippen LogP contribution in [0.15, 0.2) is 52.5 Å². The lowest BCUT2D eigenvalue weighted by Crippen LogP contribution is -2.25. The highest BCUT2D eigenvalue weighted by Gasteiger charge is 2.14. The Morgan fingerprint density at radius 1 is 1.30 bits per heavy atom. The maximum atomic E-state index is 12.0. The van der Waals surface area contributed by atoms with Gasteiger partial charge in [0.25, 0.3) is 5.91 Å². The number of nitriles is 1. The second-order valence-electron chi connectivity index (χ2n) is 5.73. The number of ether oxygens (including phenoxy) is 2. The van der Waals surface area contributed by atoms with Gasteiger partial charge >= 0.3 is 0 Å². The van der Waals surface area contributed by atoms with Crippen LogP contribution in [0.2, 0.25) is 0 Å². The minimum Gasteiger partial charge on any atom is -0.493 e. The van der Waals surface area contributed by atoms with Crippen molar-refractivity contribution in [3.8, 4) is 17.6 Å². The summed E-state index contributed by atoms with van der Waals surface area (Å²) in [6, 6.07) is 15.3. The van der Waals surface area contributed by atoms with Gasteiger partial charge in [-0.3, -0.25) is 4.79 Å². The number of hydrogen-bond donors (Lipinski definition) is 1. The fraction of sp³-hybridized carbons (Fsp3) is 0.238. The monoisotopic (exact) mass is 428 g/mol. The molecule has 0 aromatic heterocycles. The van der Waals surface area contributed by atoms with Crippen LogP contribution in [-0.4, -0.2) is 19.6 Å². The van der Waals surface area contributed by atoms with Gasteiger partial charge in [0, 0.05) is 6.54 Å². The Kier molecular flexibility index (Phi) is 7.90. The number of methoxy groups -OCH3 is 1. The molecule has 0 fully saturated rings. The molecule has 2 rings (SSSR count). The molecular weight excluding hydrogens is 408 g/mol. The highest BCUT2D eigenvalue weighted by atomic mass is 79.9. The summed E-state index contributed by atoms with van der Waals surface area (Å²) < 4.78 is 12.0. The van der Waals surface area contributed by atoms with Crippen LogP contribution >= 0.6 is 15.9 Å². The van der Waals surface area contributed by atoms with E-state index in [9.17, 15) is 10.1 Å². The first kappa shape index (κ1) is 20.5. The number of rotatable bonds is 8. The number of carbonyl (C=O) groups is 1. The van der Waals surface area contributed by atoms with Crippen LogP contribution in [0.1, 0.15) is 24.5 Å². The molecule has 1 amide bonds. The van der Waals surface area contributed by atoms with Gasteiger partial charge in [-0.1, -0.05) is 37.3 Å². The minimum absolute atomic E-state index is 0.0374. The molecule has 5 nitrogen and oxygen atoms in total. The van der Waals surface area contributed by atoms with E-state index in [0.29, 0.717) is 34.7 Å². The van der Waals surface area contributed by atoms with E-state index in [1.54, 1.807) is 19.2 Å². The van der Waals surface area contributed by atoms with Crippen molar-refractivity contribution in [2.75, 3.05) is 13.7 Å². The molecule has 140 valence electrons. The van der Waals surface area contributed by atoms with E-state index < -0.39 is 0 Å². The van der Waals surface area contributed by atoms with E-state index in [-0.39, 0.29) is 11.5 Å². The number of nitrogens with zero attached hydrogens (tertiary/aromatic N) is 1. The average Bonchev–Trinajstić information content (AvgIpc) is 2.69. The SMILES string of the molecule is CCCNC(=O)C(C#N)=Cc1cc(Br)c(OCc2ccccc2)c(OC)c1. The summed E-state index contributed by atoms with van der Waals surface area (Å²) in [6.45, 7) is 2.87. The molecule has 0 radical (unpaired) electrons. The molecule has 6 heteroatoms. The van der Waals surface area contributed by atoms with Crippen molar-refractivity contribution < 1.29 is 14.3 Å². The van der Waals surface area contributed by atoms with Crippen LogP contribution in [-0.2, 0) is 11.4 Å². The van der Waals surface area contributed by atoms with Crippen molar-refractivity contribution >= 4 is 27.9 Å². The number of halogens is 1. The van der Waals surface area contributed by atoms with E-state index in [2.05, 4.69) is 21.2 Å². The molecule has 0 saturated heterocycles. The Balaban J connectivity index is 2.25. The zero-order valence-electron chi connectivity index (χ0n) is 15.3. The number of nitrogens with one attached hydrogen (secondary N) is 1. The molecule has 0 heterocycles. The Morgan fingerprint density at radius 2 is 2.04 bits per heavy atom. The fourth-order valence-corrected chi connectivity index (χ4v) is 2.92. The standard InChI is InChI=1S/C21H21BrN2O3/c1-3-9-24-21(25)17(13-23)10-16-11-18(22)20(19(12-16)26-2)27-14-15-7-5-4-6-8-15/h4-8,10-12H,3,9,14H2,1-2H3,(H,24,25). The summed E-state index contributed by atoms with van der Waals surface area (Å²) in [7, 11) is 1.55. The van der Waals surface area contributed by atoms with E-state index in [1.807, 2.05) is 43.3 Å². The molecule has 27 heavy (non-hydrogen) atoms. The van der Waals surface area contributed by atoms with Crippen LogP contribution < -0.4 is 14.8 Å². The first-order valence-electron chi connectivity index (χ1n) is 8.53. The van der Waals surface area contributed by atoms with Gasteiger partial charge in [-0.05, 0) is 51.7 Å². The Bertz CT molecular complexity index is 858. The van der Waals surface area contributed by atoms with Gasteiger partial charge in [0.1, 0.15) is 18.2 Å². The molecule has 0 saturated carbocycles. The number of carbonyl (C=O) groups excluding carboxylic acids is 1. The van der Waals surface area contributed by atoms with Gasteiger partial charge in [0.15, 0.2) is 11.5 Å². The molecule has 0 bridgehead atoms. The van der Waals surface area contributed by atoms with Crippen LogP contribution in [0.4, 0.5) is 0 Å². The Labute approximate surface area is 167 Å². The van der Waals surface area contributed by atoms with Gasteiger partial charge < -0.3 is 14.8 Å². The molecule has 0 unspecified atom stereocenters. The Morgan fingerprint density at radius 3 is 2.67 bits per heavy atom. The molecule has 1 N–H and O–H groups in total. The van der Waals surface area contributed by atoms with Crippen molar-refractivity contribution in [2.45, 2.75) is 20.0 Å². The molecule has 0 aliphatic carbocycles. The fourth-order valence-electron chi connectivity index (χ4n) is 2.34. The van der Waals surface area contributed by atoms with E-state index in [0.717, 1.165) is 12.0 Å². The highest BCUT2D eigenvalue weighted by molar-refractivity contribution is 9.10. The first-order chi connectivity index (χ1) is 13.1. The summed E-state index contributed by atoms with van der Waals surface area (Å²) >= 11 is 3.49. The summed E-state index contributed by atoms with van der Waals surface area (Å²) in [5, 5.41) is 12.0. The van der Waals surface area contributed by atoms with Crippen LogP contribution in [0.5, 0.6) is 11.5 Å². The summed E-state index contributed by atoms with van der Waals surface area (Å²) in [6.07, 6.45) is 2.33. The lowest BCUT2D eigenvalue weighted by Gasteiger charge is -2.14. The topological polar surface area (TPSA) is 71.4 Å². The zero-order valence-corrected chi connectivity index (χ0v) is 16.9. The third-order valence-electron chi connectivity index (χ3n) is 3.69. The van der Waals surface area contributed by atoms with Crippen molar-refractivity contribution in [3.63, 3.8) is 0 Å². The van der Waals surface area contributed by atoms with E-state index in [1.165, 1.54) is 6.08 Å². The van der Waals surface area contributed by atoms with Crippen molar-refractivity contribution in [2.24, 2.45) is 0 Å². The summed E-state index contributed by atoms with van der Waals surface area (Å²) in [5.74, 6) is 0.684. The molecule has 2 aromatic carbocycles. The van der Waals surface area contributed by atoms with Crippen molar-refractivity contribution in [1.29, 1.82) is 5.26 Å². The third-order valence-corrected chi connectivity index (χ3v) is 4.28. The lowest BCUT2D eigenvalue weighted by molar-refractivity contribution is -0.117. The average molecular weight is 429 g/mol. The highest BCUT2D eigenvalue weighted by Crippen LogP contribution is 2.37. The predicted octanol–water partition coefficient (Wildman–Crippen LogP) is 4.47. The quantitative estimate of drug-likeness (QED) is 0.497. The molecule has 2 aromatic rings. The van der Waals surface area contributed by atoms with Gasteiger partial charge in [-0.25, -0.2) is 0 Å². The normalized spacial score (nSPS) is 10.8. The molecule has 0 aliphatic rings. The molecule has 0 atom stereocenters. The van der Waals surface area contributed by atoms with Gasteiger partial charge in [-0.15, -0.1) is 0 Å². The van der Waals surface area contributed by atoms with E-state index in [4.69, 9.17) is 9.47 Å². The van der Waals surface area contributed by atoms with Crippen molar-refractivity contribution in [1.82, 2.24) is 5.32 Å². The first-order valence-corrected chi connectivity index (χ1v) is 9.32. The zero-order chi connectivity index (χ0) is 19.6. The van der Waals surface area contributed by atoms with Gasteiger partial charge in [-0.2, -0.15) is 5.26 Å². The molecule has 0 aliphatic heterocycles. The number of benzene rings is 2. The Hall–Kier alpha value is -2.78. The second kappa shape index (κ2) is 10.4. The lowest BCUT2D eigenvalue weighted by atomic mass is 10.1. The van der Waals surface area contributed by atoms with Gasteiger partial charge in [0.05, 0.1) is 11.6 Å². The maximum Gasteiger partial charge on any atom is 0.261 e. The summed E-state index contributed by atoms with van der Waals surface area (Å²) in [4.78, 5) is 12.0. The van der Waals surface area contributed by atoms with Crippen LogP contribution in [0.25, 0.3) is 6.08 Å². The second-order valence-corrected chi connectivity index (χ2v) is 6.59. The van der Waals surface area contributed by atoms with Crippen molar-refractivity contribution in [3.05, 3.63) is 63.6 Å². The van der Waals surface area contributed by atoms with Crippen LogP contribution in [0.3, 0.4) is 0 Å². The van der Waals surface area contributed by atoms with Crippen LogP contribution in [0, 0.1) is 11.3 Å².